The predicted octanol–water partition coefficient (Wildman–Crippen LogP) is 2.83. The van der Waals surface area contributed by atoms with Gasteiger partial charge in [-0.05, 0) is 19.8 Å². The van der Waals surface area contributed by atoms with Crippen LogP contribution in [0, 0.1) is 6.92 Å². The van der Waals surface area contributed by atoms with Crippen LogP contribution in [0.4, 0.5) is 0 Å². The fraction of sp³-hybridized carbons (Fsp3) is 0.692. The molecule has 0 aliphatic heterocycles. The summed E-state index contributed by atoms with van der Waals surface area (Å²) in [6.07, 6.45) is 7.86. The second-order valence-electron chi connectivity index (χ2n) is 4.82. The molecule has 0 spiro atoms. The highest BCUT2D eigenvalue weighted by atomic mass is 32.1. The molecule has 1 N–H and O–H groups in total. The van der Waals surface area contributed by atoms with Gasteiger partial charge in [-0.2, -0.15) is 0 Å². The molecule has 1 aliphatic carbocycles. The molecular weight excluding hydrogens is 232 g/mol. The van der Waals surface area contributed by atoms with Gasteiger partial charge in [0.05, 0.1) is 6.42 Å². The number of hydrogen-bond donors (Lipinski definition) is 1. The van der Waals surface area contributed by atoms with Gasteiger partial charge in [-0.15, -0.1) is 11.3 Å². The summed E-state index contributed by atoms with van der Waals surface area (Å²) in [5, 5.41) is 6.06. The van der Waals surface area contributed by atoms with Crippen LogP contribution in [0.2, 0.25) is 0 Å². The molecule has 0 radical (unpaired) electrons. The number of aryl methyl sites for hydroxylation is 1. The smallest absolute Gasteiger partial charge is 0.227 e. The van der Waals surface area contributed by atoms with E-state index >= 15 is 0 Å². The minimum Gasteiger partial charge on any atom is -0.353 e. The Labute approximate surface area is 107 Å². The molecule has 4 heteroatoms. The lowest BCUT2D eigenvalue weighted by Gasteiger charge is -2.15. The minimum absolute atomic E-state index is 0.131. The number of carbonyl (C=O) groups is 1. The fourth-order valence-corrected chi connectivity index (χ4v) is 3.09. The Morgan fingerprint density at radius 2 is 2.12 bits per heavy atom. The molecule has 17 heavy (non-hydrogen) atoms. The van der Waals surface area contributed by atoms with Crippen LogP contribution < -0.4 is 5.32 Å². The molecule has 3 nitrogen and oxygen atoms in total. The van der Waals surface area contributed by atoms with Crippen LogP contribution in [0.1, 0.15) is 49.2 Å². The van der Waals surface area contributed by atoms with Gasteiger partial charge in [0, 0.05) is 17.1 Å². The molecule has 1 aromatic rings. The van der Waals surface area contributed by atoms with Crippen molar-refractivity contribution in [2.75, 3.05) is 0 Å². The maximum Gasteiger partial charge on any atom is 0.227 e. The first-order chi connectivity index (χ1) is 8.24. The van der Waals surface area contributed by atoms with E-state index < -0.39 is 0 Å². The van der Waals surface area contributed by atoms with E-state index in [2.05, 4.69) is 10.3 Å². The van der Waals surface area contributed by atoms with Gasteiger partial charge in [-0.1, -0.05) is 25.7 Å². The third-order valence-corrected chi connectivity index (χ3v) is 4.17. The van der Waals surface area contributed by atoms with E-state index in [9.17, 15) is 4.79 Å². The SMILES string of the molecule is Cc1csc(CC(=O)NC2CCCCCC2)n1. The van der Waals surface area contributed by atoms with Gasteiger partial charge in [-0.25, -0.2) is 4.98 Å². The Morgan fingerprint density at radius 3 is 2.71 bits per heavy atom. The van der Waals surface area contributed by atoms with Crippen molar-refractivity contribution in [2.45, 2.75) is 57.9 Å². The van der Waals surface area contributed by atoms with E-state index in [4.69, 9.17) is 0 Å². The summed E-state index contributed by atoms with van der Waals surface area (Å²) in [6.45, 7) is 1.96. The average molecular weight is 252 g/mol. The standard InChI is InChI=1S/C13H20N2OS/c1-10-9-17-13(14-10)8-12(16)15-11-6-4-2-3-5-7-11/h9,11H,2-8H2,1H3,(H,15,16). The van der Waals surface area contributed by atoms with Gasteiger partial charge in [0.25, 0.3) is 0 Å². The van der Waals surface area contributed by atoms with Crippen LogP contribution in [0.25, 0.3) is 0 Å². The number of nitrogens with zero attached hydrogens (tertiary/aromatic N) is 1. The molecule has 94 valence electrons. The van der Waals surface area contributed by atoms with Gasteiger partial charge in [0.2, 0.25) is 5.91 Å². The quantitative estimate of drug-likeness (QED) is 0.840. The number of amides is 1. The van der Waals surface area contributed by atoms with Crippen molar-refractivity contribution in [1.82, 2.24) is 10.3 Å². The summed E-state index contributed by atoms with van der Waals surface area (Å²) in [4.78, 5) is 16.2. The average Bonchev–Trinajstić information content (AvgIpc) is 2.53. The van der Waals surface area contributed by atoms with Crippen LogP contribution in [0.15, 0.2) is 5.38 Å². The third kappa shape index (κ3) is 4.11. The van der Waals surface area contributed by atoms with E-state index in [-0.39, 0.29) is 5.91 Å². The van der Waals surface area contributed by atoms with Crippen molar-refractivity contribution in [3.8, 4) is 0 Å². The van der Waals surface area contributed by atoms with E-state index in [1.807, 2.05) is 12.3 Å². The van der Waals surface area contributed by atoms with Crippen LogP contribution in [-0.4, -0.2) is 16.9 Å². The Balaban J connectivity index is 1.80. The maximum atomic E-state index is 11.9. The first kappa shape index (κ1) is 12.6. The summed E-state index contributed by atoms with van der Waals surface area (Å²) in [6, 6.07) is 0.394. The molecular formula is C13H20N2OS. The second kappa shape index (κ2) is 6.15. The molecule has 0 unspecified atom stereocenters. The van der Waals surface area contributed by atoms with Crippen molar-refractivity contribution in [3.05, 3.63) is 16.1 Å². The van der Waals surface area contributed by atoms with Crippen LogP contribution in [0.3, 0.4) is 0 Å². The van der Waals surface area contributed by atoms with Crippen molar-refractivity contribution >= 4 is 17.2 Å². The zero-order valence-corrected chi connectivity index (χ0v) is 11.2. The highest BCUT2D eigenvalue weighted by molar-refractivity contribution is 7.09. The third-order valence-electron chi connectivity index (χ3n) is 3.20. The molecule has 1 saturated carbocycles. The number of aromatic nitrogens is 1. The Bertz CT molecular complexity index is 367. The summed E-state index contributed by atoms with van der Waals surface area (Å²) in [5.41, 5.74) is 1.01. The number of nitrogens with one attached hydrogen (secondary N) is 1. The van der Waals surface area contributed by atoms with Gasteiger partial charge in [0.15, 0.2) is 0 Å². The largest absolute Gasteiger partial charge is 0.353 e. The number of hydrogen-bond acceptors (Lipinski definition) is 3. The molecule has 2 rings (SSSR count). The zero-order valence-electron chi connectivity index (χ0n) is 10.4. The molecule has 1 fully saturated rings. The highest BCUT2D eigenvalue weighted by Crippen LogP contribution is 2.17. The van der Waals surface area contributed by atoms with Gasteiger partial charge < -0.3 is 5.32 Å². The van der Waals surface area contributed by atoms with E-state index in [0.717, 1.165) is 23.5 Å². The molecule has 0 aromatic carbocycles. The molecule has 0 saturated heterocycles. The minimum atomic E-state index is 0.131. The summed E-state index contributed by atoms with van der Waals surface area (Å²) >= 11 is 1.57. The predicted molar refractivity (Wildman–Crippen MR) is 70.2 cm³/mol. The molecule has 0 bridgehead atoms. The van der Waals surface area contributed by atoms with E-state index in [1.165, 1.54) is 25.7 Å². The number of thiazole rings is 1. The summed E-state index contributed by atoms with van der Waals surface area (Å²) in [7, 11) is 0. The van der Waals surface area contributed by atoms with E-state index in [1.54, 1.807) is 11.3 Å². The highest BCUT2D eigenvalue weighted by Gasteiger charge is 2.15. The Morgan fingerprint density at radius 1 is 1.41 bits per heavy atom. The van der Waals surface area contributed by atoms with Gasteiger partial charge in [-0.3, -0.25) is 4.79 Å². The lowest BCUT2D eigenvalue weighted by atomic mass is 10.1. The summed E-state index contributed by atoms with van der Waals surface area (Å²) < 4.78 is 0. The van der Waals surface area contributed by atoms with Crippen molar-refractivity contribution in [2.24, 2.45) is 0 Å². The number of rotatable bonds is 3. The van der Waals surface area contributed by atoms with Crippen LogP contribution in [-0.2, 0) is 11.2 Å². The van der Waals surface area contributed by atoms with Crippen molar-refractivity contribution < 1.29 is 4.79 Å². The van der Waals surface area contributed by atoms with Crippen molar-refractivity contribution in [3.63, 3.8) is 0 Å². The van der Waals surface area contributed by atoms with Crippen LogP contribution >= 0.6 is 11.3 Å². The topological polar surface area (TPSA) is 42.0 Å². The lowest BCUT2D eigenvalue weighted by molar-refractivity contribution is -0.121. The number of carbonyl (C=O) groups excluding carboxylic acids is 1. The Hall–Kier alpha value is -0.900. The van der Waals surface area contributed by atoms with Crippen LogP contribution in [0.5, 0.6) is 0 Å². The maximum absolute atomic E-state index is 11.9. The fourth-order valence-electron chi connectivity index (χ4n) is 2.32. The monoisotopic (exact) mass is 252 g/mol. The van der Waals surface area contributed by atoms with E-state index in [0.29, 0.717) is 12.5 Å². The first-order valence-corrected chi connectivity index (χ1v) is 7.32. The lowest BCUT2D eigenvalue weighted by Crippen LogP contribution is -2.35. The normalized spacial score (nSPS) is 17.7. The molecule has 1 amide bonds. The molecule has 0 atom stereocenters. The zero-order chi connectivity index (χ0) is 12.1. The van der Waals surface area contributed by atoms with Gasteiger partial charge >= 0.3 is 0 Å². The molecule has 1 heterocycles. The van der Waals surface area contributed by atoms with Crippen molar-refractivity contribution in [1.29, 1.82) is 0 Å². The van der Waals surface area contributed by atoms with Gasteiger partial charge in [0.1, 0.15) is 5.01 Å². The molecule has 1 aliphatic rings. The Kier molecular flexibility index (Phi) is 4.54. The first-order valence-electron chi connectivity index (χ1n) is 6.44. The summed E-state index contributed by atoms with van der Waals surface area (Å²) in [5.74, 6) is 0.131. The molecule has 1 aromatic heterocycles. The second-order valence-corrected chi connectivity index (χ2v) is 5.76.